The van der Waals surface area contributed by atoms with Crippen molar-refractivity contribution >= 4 is 33.8 Å². The number of aliphatic imine (C=N–C) groups is 1. The summed E-state index contributed by atoms with van der Waals surface area (Å²) in [4.78, 5) is 19.4. The molecule has 4 aromatic rings. The standard InChI is InChI=1S/C37H38BrN3O5/c1-44-31-14-7-12-28(26-31)21-23-39-41-36(43)37(22-8-13-27-10-3-2-4-11-27)34(32-15-5-6-16-33(32)38)46-35(40-37)29-17-19-30(20-18-29)45-25-9-24-42/h2-8,10-20,26,34,39,42H,9,21-25H2,1H3,(H,41,43)/b13-8+/t34-,37-/m0/s1. The van der Waals surface area contributed by atoms with E-state index in [0.717, 1.165) is 32.5 Å². The first-order valence-corrected chi connectivity index (χ1v) is 16.0. The number of ether oxygens (including phenoxy) is 3. The van der Waals surface area contributed by atoms with Crippen molar-refractivity contribution in [3.63, 3.8) is 0 Å². The van der Waals surface area contributed by atoms with Crippen LogP contribution in [0.15, 0.2) is 119 Å². The molecular weight excluding hydrogens is 646 g/mol. The molecule has 0 aliphatic carbocycles. The van der Waals surface area contributed by atoms with E-state index in [0.29, 0.717) is 37.6 Å². The Morgan fingerprint density at radius 2 is 1.78 bits per heavy atom. The number of nitrogens with zero attached hydrogens (tertiary/aromatic N) is 1. The molecule has 9 heteroatoms. The zero-order valence-corrected chi connectivity index (χ0v) is 27.3. The molecule has 0 saturated heterocycles. The van der Waals surface area contributed by atoms with Gasteiger partial charge in [0.15, 0.2) is 11.6 Å². The minimum Gasteiger partial charge on any atom is -0.497 e. The smallest absolute Gasteiger partial charge is 0.266 e. The van der Waals surface area contributed by atoms with Crippen molar-refractivity contribution in [1.29, 1.82) is 0 Å². The lowest BCUT2D eigenvalue weighted by Gasteiger charge is -2.30. The Bertz CT molecular complexity index is 1640. The quantitative estimate of drug-likeness (QED) is 0.0985. The summed E-state index contributed by atoms with van der Waals surface area (Å²) in [7, 11) is 1.64. The van der Waals surface area contributed by atoms with Crippen LogP contribution in [0.4, 0.5) is 0 Å². The summed E-state index contributed by atoms with van der Waals surface area (Å²) in [5.74, 6) is 1.52. The molecule has 0 bridgehead atoms. The number of methoxy groups -OCH3 is 1. The van der Waals surface area contributed by atoms with Crippen molar-refractivity contribution in [2.24, 2.45) is 4.99 Å². The first-order valence-electron chi connectivity index (χ1n) is 15.3. The second kappa shape index (κ2) is 16.2. The van der Waals surface area contributed by atoms with Crippen LogP contribution in [0.5, 0.6) is 11.5 Å². The molecule has 1 amide bonds. The third-order valence-corrected chi connectivity index (χ3v) is 8.35. The van der Waals surface area contributed by atoms with E-state index in [-0.39, 0.29) is 18.9 Å². The van der Waals surface area contributed by atoms with E-state index in [1.165, 1.54) is 0 Å². The highest BCUT2D eigenvalue weighted by Gasteiger charge is 2.53. The normalized spacial score (nSPS) is 17.4. The van der Waals surface area contributed by atoms with E-state index in [9.17, 15) is 4.79 Å². The van der Waals surface area contributed by atoms with Gasteiger partial charge in [0.2, 0.25) is 5.90 Å². The molecule has 8 nitrogen and oxygen atoms in total. The molecule has 3 N–H and O–H groups in total. The molecule has 0 aromatic heterocycles. The number of benzene rings is 4. The Morgan fingerprint density at radius 3 is 2.54 bits per heavy atom. The molecule has 0 saturated carbocycles. The molecule has 0 fully saturated rings. The number of amides is 1. The van der Waals surface area contributed by atoms with Crippen LogP contribution in [0.25, 0.3) is 6.08 Å². The van der Waals surface area contributed by atoms with Gasteiger partial charge < -0.3 is 19.3 Å². The monoisotopic (exact) mass is 683 g/mol. The lowest BCUT2D eigenvalue weighted by molar-refractivity contribution is -0.129. The number of carbonyl (C=O) groups excluding carboxylic acids is 1. The van der Waals surface area contributed by atoms with E-state index in [1.807, 2.05) is 115 Å². The predicted molar refractivity (Wildman–Crippen MR) is 184 cm³/mol. The first-order chi connectivity index (χ1) is 22.5. The van der Waals surface area contributed by atoms with Gasteiger partial charge in [0.1, 0.15) is 11.5 Å². The van der Waals surface area contributed by atoms with Crippen LogP contribution >= 0.6 is 15.9 Å². The van der Waals surface area contributed by atoms with Crippen LogP contribution in [0.1, 0.15) is 41.2 Å². The summed E-state index contributed by atoms with van der Waals surface area (Å²) >= 11 is 3.69. The van der Waals surface area contributed by atoms with Crippen LogP contribution < -0.4 is 20.3 Å². The van der Waals surface area contributed by atoms with Crippen molar-refractivity contribution in [1.82, 2.24) is 10.9 Å². The van der Waals surface area contributed by atoms with Crippen LogP contribution in [-0.2, 0) is 16.0 Å². The van der Waals surface area contributed by atoms with Crippen molar-refractivity contribution in [2.45, 2.75) is 30.9 Å². The maximum absolute atomic E-state index is 14.3. The van der Waals surface area contributed by atoms with E-state index in [2.05, 4.69) is 26.8 Å². The summed E-state index contributed by atoms with van der Waals surface area (Å²) in [6.07, 6.45) is 4.76. The third-order valence-electron chi connectivity index (χ3n) is 7.63. The number of carbonyl (C=O) groups is 1. The average molecular weight is 685 g/mol. The van der Waals surface area contributed by atoms with Gasteiger partial charge in [-0.25, -0.2) is 10.4 Å². The highest BCUT2D eigenvalue weighted by atomic mass is 79.9. The van der Waals surface area contributed by atoms with Crippen LogP contribution in [0, 0.1) is 0 Å². The summed E-state index contributed by atoms with van der Waals surface area (Å²) in [6, 6.07) is 32.9. The molecule has 1 aliphatic heterocycles. The summed E-state index contributed by atoms with van der Waals surface area (Å²) < 4.78 is 18.5. The Morgan fingerprint density at radius 1 is 1.00 bits per heavy atom. The fourth-order valence-electron chi connectivity index (χ4n) is 5.20. The van der Waals surface area contributed by atoms with Crippen LogP contribution in [-0.4, -0.2) is 49.3 Å². The number of aliphatic hydroxyl groups excluding tert-OH is 1. The number of nitrogens with one attached hydrogen (secondary N) is 2. The Labute approximate surface area is 278 Å². The zero-order valence-electron chi connectivity index (χ0n) is 25.7. The molecule has 1 aliphatic rings. The number of rotatable bonds is 15. The maximum Gasteiger partial charge on any atom is 0.266 e. The highest BCUT2D eigenvalue weighted by molar-refractivity contribution is 9.10. The van der Waals surface area contributed by atoms with E-state index in [4.69, 9.17) is 24.3 Å². The molecule has 46 heavy (non-hydrogen) atoms. The SMILES string of the molecule is COc1cccc(CCNNC(=O)[C@@]2(C/C=C/c3ccccc3)N=C(c3ccc(OCCCO)cc3)O[C@H]2c2ccccc2Br)c1. The number of hydrazine groups is 1. The highest BCUT2D eigenvalue weighted by Crippen LogP contribution is 2.45. The van der Waals surface area contributed by atoms with Gasteiger partial charge in [-0.1, -0.05) is 88.7 Å². The molecule has 1 heterocycles. The number of aliphatic hydroxyl groups is 1. The second-order valence-corrected chi connectivity index (χ2v) is 11.7. The van der Waals surface area contributed by atoms with Gasteiger partial charge >= 0.3 is 0 Å². The Kier molecular flexibility index (Phi) is 11.6. The van der Waals surface area contributed by atoms with Crippen molar-refractivity contribution < 1.29 is 24.1 Å². The maximum atomic E-state index is 14.3. The predicted octanol–water partition coefficient (Wildman–Crippen LogP) is 6.44. The van der Waals surface area contributed by atoms with Gasteiger partial charge in [-0.2, -0.15) is 0 Å². The number of halogens is 1. The molecule has 0 spiro atoms. The van der Waals surface area contributed by atoms with E-state index in [1.54, 1.807) is 7.11 Å². The van der Waals surface area contributed by atoms with Crippen molar-refractivity contribution in [3.05, 3.63) is 136 Å². The largest absolute Gasteiger partial charge is 0.497 e. The fraction of sp³-hybridized carbons (Fsp3) is 0.243. The summed E-state index contributed by atoms with van der Waals surface area (Å²) in [5, 5.41) is 9.07. The molecular formula is C37H38BrN3O5. The van der Waals surface area contributed by atoms with Crippen molar-refractivity contribution in [2.75, 3.05) is 26.9 Å². The van der Waals surface area contributed by atoms with Gasteiger partial charge in [0.05, 0.1) is 13.7 Å². The third kappa shape index (κ3) is 8.23. The fourth-order valence-corrected chi connectivity index (χ4v) is 5.70. The lowest BCUT2D eigenvalue weighted by atomic mass is 9.84. The number of hydrogen-bond donors (Lipinski definition) is 3. The Hall–Kier alpha value is -4.44. The second-order valence-electron chi connectivity index (χ2n) is 10.8. The molecule has 238 valence electrons. The number of hydrogen-bond acceptors (Lipinski definition) is 7. The summed E-state index contributed by atoms with van der Waals surface area (Å²) in [5.41, 5.74) is 8.37. The van der Waals surface area contributed by atoms with Crippen molar-refractivity contribution in [3.8, 4) is 11.5 Å². The average Bonchev–Trinajstić information content (AvgIpc) is 3.48. The topological polar surface area (TPSA) is 101 Å². The molecule has 2 atom stereocenters. The Balaban J connectivity index is 1.45. The van der Waals surface area contributed by atoms with E-state index >= 15 is 0 Å². The molecule has 5 rings (SSSR count). The zero-order chi connectivity index (χ0) is 32.2. The van der Waals surface area contributed by atoms with Gasteiger partial charge in [-0.05, 0) is 60.0 Å². The summed E-state index contributed by atoms with van der Waals surface area (Å²) in [6.45, 7) is 0.987. The van der Waals surface area contributed by atoms with E-state index < -0.39 is 11.6 Å². The van der Waals surface area contributed by atoms with Gasteiger partial charge in [0, 0.05) is 41.6 Å². The lowest BCUT2D eigenvalue weighted by Crippen LogP contribution is -2.52. The van der Waals surface area contributed by atoms with Gasteiger partial charge in [-0.3, -0.25) is 10.2 Å². The molecule has 0 radical (unpaired) electrons. The van der Waals surface area contributed by atoms with Crippen LogP contribution in [0.3, 0.4) is 0 Å². The first kappa shape index (κ1) is 32.9. The molecule has 4 aromatic carbocycles. The van der Waals surface area contributed by atoms with Crippen LogP contribution in [0.2, 0.25) is 0 Å². The minimum absolute atomic E-state index is 0.0674. The van der Waals surface area contributed by atoms with Gasteiger partial charge in [-0.15, -0.1) is 0 Å². The minimum atomic E-state index is -1.33. The van der Waals surface area contributed by atoms with Gasteiger partial charge in [0.25, 0.3) is 5.91 Å². The molecule has 0 unspecified atom stereocenters.